The molecule has 0 bridgehead atoms. The summed E-state index contributed by atoms with van der Waals surface area (Å²) < 4.78 is 13.9. The van der Waals surface area contributed by atoms with Crippen molar-refractivity contribution >= 4 is 17.3 Å². The smallest absolute Gasteiger partial charge is 0.298 e. The predicted molar refractivity (Wildman–Crippen MR) is 68.2 cm³/mol. The first kappa shape index (κ1) is 13.8. The molecule has 4 heteroatoms. The van der Waals surface area contributed by atoms with Crippen molar-refractivity contribution in [2.45, 2.75) is 32.0 Å². The maximum absolute atomic E-state index is 13.9. The molecule has 0 amide bonds. The minimum atomic E-state index is -2.75. The van der Waals surface area contributed by atoms with E-state index < -0.39 is 5.85 Å². The molecule has 0 saturated carbocycles. The first-order valence-electron chi connectivity index (χ1n) is 5.44. The Labute approximate surface area is 106 Å². The van der Waals surface area contributed by atoms with E-state index in [0.29, 0.717) is 11.4 Å². The highest BCUT2D eigenvalue weighted by atomic mass is 35.5. The molecule has 1 aromatic carbocycles. The maximum atomic E-state index is 13.9. The molecule has 0 saturated heterocycles. The Bertz CT molecular complexity index is 448. The van der Waals surface area contributed by atoms with Crippen LogP contribution in [0.4, 0.5) is 10.1 Å². The van der Waals surface area contributed by atoms with Crippen molar-refractivity contribution in [3.05, 3.63) is 28.8 Å². The largest absolute Gasteiger partial charge is 0.398 e. The third-order valence-corrected chi connectivity index (χ3v) is 2.52. The monoisotopic (exact) mass is 255 g/mol. The SMILES string of the molecule is CCCCC#CC(O)(F)c1cc(Cl)ccc1N. The molecule has 3 N–H and O–H groups in total. The lowest BCUT2D eigenvalue weighted by Gasteiger charge is -2.15. The van der Waals surface area contributed by atoms with E-state index in [1.54, 1.807) is 0 Å². The van der Waals surface area contributed by atoms with Gasteiger partial charge in [0, 0.05) is 17.1 Å². The quantitative estimate of drug-likeness (QED) is 0.495. The van der Waals surface area contributed by atoms with Crippen LogP contribution in [0.2, 0.25) is 5.02 Å². The van der Waals surface area contributed by atoms with E-state index in [1.165, 1.54) is 18.2 Å². The van der Waals surface area contributed by atoms with Gasteiger partial charge in [0.2, 0.25) is 0 Å². The molecule has 0 fully saturated rings. The number of hydrogen-bond acceptors (Lipinski definition) is 2. The third kappa shape index (κ3) is 3.92. The van der Waals surface area contributed by atoms with Gasteiger partial charge >= 0.3 is 0 Å². The fraction of sp³-hybridized carbons (Fsp3) is 0.385. The number of alkyl halides is 1. The summed E-state index contributed by atoms with van der Waals surface area (Å²) in [6, 6.07) is 4.25. The molecule has 92 valence electrons. The average Bonchev–Trinajstić information content (AvgIpc) is 2.28. The Morgan fingerprint density at radius 3 is 2.88 bits per heavy atom. The zero-order valence-electron chi connectivity index (χ0n) is 9.63. The fourth-order valence-corrected chi connectivity index (χ4v) is 1.50. The van der Waals surface area contributed by atoms with Crippen LogP contribution in [0.3, 0.4) is 0 Å². The van der Waals surface area contributed by atoms with Gasteiger partial charge in [0.15, 0.2) is 0 Å². The first-order valence-corrected chi connectivity index (χ1v) is 5.82. The van der Waals surface area contributed by atoms with Gasteiger partial charge in [-0.25, -0.2) is 0 Å². The zero-order chi connectivity index (χ0) is 12.9. The van der Waals surface area contributed by atoms with Crippen LogP contribution < -0.4 is 5.73 Å². The highest BCUT2D eigenvalue weighted by molar-refractivity contribution is 6.30. The van der Waals surface area contributed by atoms with Crippen LogP contribution in [0.25, 0.3) is 0 Å². The van der Waals surface area contributed by atoms with Crippen LogP contribution in [0.15, 0.2) is 18.2 Å². The van der Waals surface area contributed by atoms with E-state index in [0.717, 1.165) is 12.8 Å². The zero-order valence-corrected chi connectivity index (χ0v) is 10.4. The number of aliphatic hydroxyl groups is 1. The van der Waals surface area contributed by atoms with E-state index >= 15 is 0 Å². The van der Waals surface area contributed by atoms with Crippen LogP contribution >= 0.6 is 11.6 Å². The molecule has 0 aliphatic heterocycles. The average molecular weight is 256 g/mol. The van der Waals surface area contributed by atoms with Crippen molar-refractivity contribution in [1.82, 2.24) is 0 Å². The minimum absolute atomic E-state index is 0.103. The van der Waals surface area contributed by atoms with E-state index in [9.17, 15) is 9.50 Å². The van der Waals surface area contributed by atoms with Crippen molar-refractivity contribution < 1.29 is 9.50 Å². The molecule has 0 aliphatic carbocycles. The van der Waals surface area contributed by atoms with Crippen molar-refractivity contribution in [3.8, 4) is 11.8 Å². The van der Waals surface area contributed by atoms with Gasteiger partial charge in [-0.2, -0.15) is 4.39 Å². The molecule has 0 radical (unpaired) electrons. The van der Waals surface area contributed by atoms with E-state index in [-0.39, 0.29) is 11.3 Å². The van der Waals surface area contributed by atoms with Gasteiger partial charge in [0.05, 0.1) is 5.56 Å². The van der Waals surface area contributed by atoms with Gasteiger partial charge in [0.1, 0.15) is 0 Å². The summed E-state index contributed by atoms with van der Waals surface area (Å²) >= 11 is 5.73. The highest BCUT2D eigenvalue weighted by Gasteiger charge is 2.28. The summed E-state index contributed by atoms with van der Waals surface area (Å²) in [6.07, 6.45) is 2.38. The Balaban J connectivity index is 2.94. The van der Waals surface area contributed by atoms with Crippen LogP contribution in [0.5, 0.6) is 0 Å². The van der Waals surface area contributed by atoms with Crippen molar-refractivity contribution in [1.29, 1.82) is 0 Å². The molecule has 1 unspecified atom stereocenters. The predicted octanol–water partition coefficient (Wildman–Crippen LogP) is 3.23. The Morgan fingerprint density at radius 2 is 2.24 bits per heavy atom. The second-order valence-corrected chi connectivity index (χ2v) is 4.20. The number of rotatable bonds is 3. The number of hydrogen-bond donors (Lipinski definition) is 2. The number of nitrogen functional groups attached to an aromatic ring is 1. The Hall–Kier alpha value is -1.24. The fourth-order valence-electron chi connectivity index (χ4n) is 1.33. The summed E-state index contributed by atoms with van der Waals surface area (Å²) in [7, 11) is 0. The van der Waals surface area contributed by atoms with Crippen LogP contribution in [0.1, 0.15) is 31.7 Å². The number of benzene rings is 1. The van der Waals surface area contributed by atoms with E-state index in [2.05, 4.69) is 11.8 Å². The summed E-state index contributed by atoms with van der Waals surface area (Å²) in [5.74, 6) is 2.03. The molecule has 1 atom stereocenters. The van der Waals surface area contributed by atoms with Gasteiger partial charge in [0.25, 0.3) is 5.85 Å². The number of unbranched alkanes of at least 4 members (excludes halogenated alkanes) is 2. The Morgan fingerprint density at radius 1 is 1.53 bits per heavy atom. The van der Waals surface area contributed by atoms with Gasteiger partial charge in [-0.05, 0) is 30.5 Å². The molecular formula is C13H15ClFNO. The minimum Gasteiger partial charge on any atom is -0.398 e. The summed E-state index contributed by atoms with van der Waals surface area (Å²) in [6.45, 7) is 2.01. The van der Waals surface area contributed by atoms with E-state index in [4.69, 9.17) is 17.3 Å². The molecule has 0 aromatic heterocycles. The lowest BCUT2D eigenvalue weighted by atomic mass is 10.1. The first-order chi connectivity index (χ1) is 7.97. The Kier molecular flexibility index (Phi) is 4.80. The number of anilines is 1. The van der Waals surface area contributed by atoms with Gasteiger partial charge in [-0.1, -0.05) is 30.9 Å². The molecule has 0 aliphatic rings. The van der Waals surface area contributed by atoms with E-state index in [1.807, 2.05) is 6.92 Å². The molecule has 1 rings (SSSR count). The van der Waals surface area contributed by atoms with Crippen molar-refractivity contribution in [2.24, 2.45) is 0 Å². The molecular weight excluding hydrogens is 241 g/mol. The van der Waals surface area contributed by atoms with Crippen molar-refractivity contribution in [3.63, 3.8) is 0 Å². The summed E-state index contributed by atoms with van der Waals surface area (Å²) in [5, 5.41) is 9.92. The summed E-state index contributed by atoms with van der Waals surface area (Å²) in [4.78, 5) is 0. The number of halogens is 2. The molecule has 17 heavy (non-hydrogen) atoms. The lowest BCUT2D eigenvalue weighted by molar-refractivity contribution is -0.0360. The molecule has 2 nitrogen and oxygen atoms in total. The van der Waals surface area contributed by atoms with Gasteiger partial charge in [-0.3, -0.25) is 0 Å². The number of nitrogens with two attached hydrogens (primary N) is 1. The third-order valence-electron chi connectivity index (χ3n) is 2.28. The second-order valence-electron chi connectivity index (χ2n) is 3.76. The molecule has 0 spiro atoms. The normalized spacial score (nSPS) is 13.6. The van der Waals surface area contributed by atoms with Crippen LogP contribution in [-0.4, -0.2) is 5.11 Å². The van der Waals surface area contributed by atoms with Gasteiger partial charge < -0.3 is 10.8 Å². The highest BCUT2D eigenvalue weighted by Crippen LogP contribution is 2.29. The molecule has 1 aromatic rings. The van der Waals surface area contributed by atoms with Gasteiger partial charge in [-0.15, -0.1) is 0 Å². The molecule has 0 heterocycles. The van der Waals surface area contributed by atoms with Crippen LogP contribution in [0, 0.1) is 11.8 Å². The standard InChI is InChI=1S/C13H15ClFNO/c1-2-3-4-5-8-13(15,17)11-9-10(14)6-7-12(11)16/h6-7,9,17H,2-4,16H2,1H3. The topological polar surface area (TPSA) is 46.2 Å². The van der Waals surface area contributed by atoms with Crippen molar-refractivity contribution in [2.75, 3.05) is 5.73 Å². The lowest BCUT2D eigenvalue weighted by Crippen LogP contribution is -2.18. The van der Waals surface area contributed by atoms with Crippen LogP contribution in [-0.2, 0) is 5.85 Å². The maximum Gasteiger partial charge on any atom is 0.298 e. The summed E-state index contributed by atoms with van der Waals surface area (Å²) in [5.41, 5.74) is 5.61. The second kappa shape index (κ2) is 5.90.